The maximum absolute atomic E-state index is 12.5. The van der Waals surface area contributed by atoms with Gasteiger partial charge in [-0.15, -0.1) is 0 Å². The molecule has 0 heterocycles. The van der Waals surface area contributed by atoms with Crippen molar-refractivity contribution in [3.05, 3.63) is 33.3 Å². The second kappa shape index (κ2) is 6.07. The number of benzene rings is 1. The average Bonchev–Trinajstić information content (AvgIpc) is 3.15. The van der Waals surface area contributed by atoms with Gasteiger partial charge < -0.3 is 4.90 Å². The lowest BCUT2D eigenvalue weighted by Gasteiger charge is -2.22. The Morgan fingerprint density at radius 2 is 2.22 bits per heavy atom. The van der Waals surface area contributed by atoms with Crippen LogP contribution in [-0.2, 0) is 0 Å². The highest BCUT2D eigenvalue weighted by Crippen LogP contribution is 2.31. The van der Waals surface area contributed by atoms with E-state index in [-0.39, 0.29) is 5.91 Å². The number of rotatable bonds is 5. The number of nitrogens with zero attached hydrogens (tertiary/aromatic N) is 1. The molecule has 0 saturated heterocycles. The number of hydrogen-bond acceptors (Lipinski definition) is 1. The van der Waals surface area contributed by atoms with Crippen LogP contribution in [0.1, 0.15) is 36.5 Å². The Morgan fingerprint density at radius 3 is 2.83 bits per heavy atom. The smallest absolute Gasteiger partial charge is 0.255 e. The van der Waals surface area contributed by atoms with Crippen LogP contribution in [0.2, 0.25) is 5.02 Å². The zero-order valence-corrected chi connectivity index (χ0v) is 12.8. The zero-order chi connectivity index (χ0) is 13.1. The molecule has 4 heteroatoms. The second-order valence-corrected chi connectivity index (χ2v) is 6.11. The third-order valence-corrected chi connectivity index (χ3v) is 4.04. The van der Waals surface area contributed by atoms with Crippen LogP contribution in [0.5, 0.6) is 0 Å². The van der Waals surface area contributed by atoms with Crippen molar-refractivity contribution in [3.63, 3.8) is 0 Å². The fourth-order valence-corrected chi connectivity index (χ4v) is 2.58. The van der Waals surface area contributed by atoms with E-state index in [1.807, 2.05) is 11.0 Å². The minimum absolute atomic E-state index is 0.0816. The van der Waals surface area contributed by atoms with E-state index in [0.29, 0.717) is 16.5 Å². The monoisotopic (exact) mass is 329 g/mol. The quantitative estimate of drug-likeness (QED) is 0.785. The Hall–Kier alpha value is -0.540. The van der Waals surface area contributed by atoms with Gasteiger partial charge in [0.05, 0.1) is 5.56 Å². The van der Waals surface area contributed by atoms with Crippen LogP contribution >= 0.6 is 27.5 Å². The van der Waals surface area contributed by atoms with Crippen molar-refractivity contribution in [1.82, 2.24) is 4.90 Å². The predicted octanol–water partition coefficient (Wildman–Crippen LogP) is 4.36. The highest BCUT2D eigenvalue weighted by Gasteiger charge is 2.27. The van der Waals surface area contributed by atoms with Gasteiger partial charge in [-0.05, 0) is 59.3 Å². The Bertz CT molecular complexity index is 445. The van der Waals surface area contributed by atoms with E-state index in [4.69, 9.17) is 11.6 Å². The van der Waals surface area contributed by atoms with Gasteiger partial charge in [-0.3, -0.25) is 4.79 Å². The number of carbonyl (C=O) groups is 1. The molecule has 98 valence electrons. The summed E-state index contributed by atoms with van der Waals surface area (Å²) in [5, 5.41) is 0.601. The number of amides is 1. The summed E-state index contributed by atoms with van der Waals surface area (Å²) in [7, 11) is 0. The van der Waals surface area contributed by atoms with Crippen LogP contribution in [0.3, 0.4) is 0 Å². The largest absolute Gasteiger partial charge is 0.338 e. The normalized spacial score (nSPS) is 14.6. The third-order valence-electron chi connectivity index (χ3n) is 3.12. The first-order valence-electron chi connectivity index (χ1n) is 6.36. The van der Waals surface area contributed by atoms with Crippen molar-refractivity contribution >= 4 is 33.4 Å². The fourth-order valence-electron chi connectivity index (χ4n) is 1.99. The van der Waals surface area contributed by atoms with Gasteiger partial charge in [0.25, 0.3) is 5.91 Å². The summed E-state index contributed by atoms with van der Waals surface area (Å²) in [6.07, 6.45) is 3.49. The third kappa shape index (κ3) is 3.48. The number of carbonyl (C=O) groups excluding carboxylic acids is 1. The Morgan fingerprint density at radius 1 is 1.50 bits per heavy atom. The molecule has 1 fully saturated rings. The Labute approximate surface area is 121 Å². The van der Waals surface area contributed by atoms with Crippen LogP contribution in [-0.4, -0.2) is 23.9 Å². The number of halogens is 2. The molecular formula is C14H17BrClNO. The van der Waals surface area contributed by atoms with Crippen molar-refractivity contribution in [3.8, 4) is 0 Å². The van der Waals surface area contributed by atoms with E-state index < -0.39 is 0 Å². The van der Waals surface area contributed by atoms with E-state index in [1.54, 1.807) is 12.1 Å². The van der Waals surface area contributed by atoms with Crippen molar-refractivity contribution < 1.29 is 4.79 Å². The summed E-state index contributed by atoms with van der Waals surface area (Å²) in [5.41, 5.74) is 0.664. The molecule has 0 aromatic heterocycles. The Balaban J connectivity index is 2.17. The van der Waals surface area contributed by atoms with Crippen LogP contribution in [0, 0.1) is 5.92 Å². The van der Waals surface area contributed by atoms with Gasteiger partial charge in [0, 0.05) is 22.6 Å². The molecule has 2 nitrogen and oxygen atoms in total. The van der Waals surface area contributed by atoms with Crippen LogP contribution in [0.15, 0.2) is 22.7 Å². The van der Waals surface area contributed by atoms with Gasteiger partial charge in [-0.2, -0.15) is 0 Å². The molecule has 18 heavy (non-hydrogen) atoms. The van der Waals surface area contributed by atoms with Gasteiger partial charge in [0.2, 0.25) is 0 Å². The van der Waals surface area contributed by atoms with E-state index in [2.05, 4.69) is 22.9 Å². The maximum Gasteiger partial charge on any atom is 0.255 e. The van der Waals surface area contributed by atoms with Crippen LogP contribution in [0.25, 0.3) is 0 Å². The van der Waals surface area contributed by atoms with Crippen LogP contribution < -0.4 is 0 Å². The average molecular weight is 331 g/mol. The van der Waals surface area contributed by atoms with E-state index in [0.717, 1.165) is 24.0 Å². The summed E-state index contributed by atoms with van der Waals surface area (Å²) >= 11 is 9.40. The molecule has 1 saturated carbocycles. The summed E-state index contributed by atoms with van der Waals surface area (Å²) < 4.78 is 0.814. The topological polar surface area (TPSA) is 20.3 Å². The maximum atomic E-state index is 12.5. The standard InChI is InChI=1S/C14H17BrClNO/c1-2-7-17(9-10-3-4-10)14(18)12-8-11(16)5-6-13(12)15/h5-6,8,10H,2-4,7,9H2,1H3. The lowest BCUT2D eigenvalue weighted by molar-refractivity contribution is 0.0747. The first-order valence-corrected chi connectivity index (χ1v) is 7.53. The van der Waals surface area contributed by atoms with Gasteiger partial charge >= 0.3 is 0 Å². The van der Waals surface area contributed by atoms with E-state index in [9.17, 15) is 4.79 Å². The van der Waals surface area contributed by atoms with Crippen molar-refractivity contribution in [2.24, 2.45) is 5.92 Å². The Kier molecular flexibility index (Phi) is 4.68. The molecular weight excluding hydrogens is 314 g/mol. The summed E-state index contributed by atoms with van der Waals surface area (Å²) in [5.74, 6) is 0.789. The van der Waals surface area contributed by atoms with Gasteiger partial charge in [-0.25, -0.2) is 0 Å². The van der Waals surface area contributed by atoms with E-state index >= 15 is 0 Å². The van der Waals surface area contributed by atoms with Gasteiger partial charge in [0.1, 0.15) is 0 Å². The zero-order valence-electron chi connectivity index (χ0n) is 10.5. The summed E-state index contributed by atoms with van der Waals surface area (Å²) in [6.45, 7) is 3.79. The molecule has 1 aromatic carbocycles. The minimum atomic E-state index is 0.0816. The number of hydrogen-bond donors (Lipinski definition) is 0. The van der Waals surface area contributed by atoms with Crippen molar-refractivity contribution in [2.75, 3.05) is 13.1 Å². The molecule has 0 atom stereocenters. The minimum Gasteiger partial charge on any atom is -0.338 e. The van der Waals surface area contributed by atoms with Gasteiger partial charge in [-0.1, -0.05) is 18.5 Å². The van der Waals surface area contributed by atoms with Crippen molar-refractivity contribution in [1.29, 1.82) is 0 Å². The lowest BCUT2D eigenvalue weighted by Crippen LogP contribution is -2.33. The highest BCUT2D eigenvalue weighted by molar-refractivity contribution is 9.10. The lowest BCUT2D eigenvalue weighted by atomic mass is 10.2. The molecule has 2 rings (SSSR count). The molecule has 1 aliphatic carbocycles. The first-order chi connectivity index (χ1) is 8.61. The highest BCUT2D eigenvalue weighted by atomic mass is 79.9. The molecule has 0 unspecified atom stereocenters. The SMILES string of the molecule is CCCN(CC1CC1)C(=O)c1cc(Cl)ccc1Br. The predicted molar refractivity (Wildman–Crippen MR) is 78.1 cm³/mol. The molecule has 0 aliphatic heterocycles. The molecule has 1 amide bonds. The molecule has 1 aromatic rings. The molecule has 0 N–H and O–H groups in total. The molecule has 0 radical (unpaired) electrons. The molecule has 0 bridgehead atoms. The summed E-state index contributed by atoms with van der Waals surface area (Å²) in [6, 6.07) is 5.35. The molecule has 0 spiro atoms. The molecule has 1 aliphatic rings. The van der Waals surface area contributed by atoms with E-state index in [1.165, 1.54) is 12.8 Å². The van der Waals surface area contributed by atoms with Crippen molar-refractivity contribution in [2.45, 2.75) is 26.2 Å². The second-order valence-electron chi connectivity index (χ2n) is 4.82. The summed E-state index contributed by atoms with van der Waals surface area (Å²) in [4.78, 5) is 14.5. The van der Waals surface area contributed by atoms with Gasteiger partial charge in [0.15, 0.2) is 0 Å². The fraction of sp³-hybridized carbons (Fsp3) is 0.500. The van der Waals surface area contributed by atoms with Crippen LogP contribution in [0.4, 0.5) is 0 Å². The first kappa shape index (κ1) is 13.9.